The molecule has 1 aliphatic heterocycles. The van der Waals surface area contributed by atoms with Crippen molar-refractivity contribution in [1.82, 2.24) is 9.38 Å². The number of fused-ring (bicyclic) bond motifs is 3. The largest absolute Gasteiger partial charge is 0.459 e. The van der Waals surface area contributed by atoms with Gasteiger partial charge in [0, 0.05) is 23.1 Å². The Balaban J connectivity index is 1.44. The van der Waals surface area contributed by atoms with Gasteiger partial charge in [-0.05, 0) is 38.0 Å². The standard InChI is InChI=1S/C17H20N2O5S2/c20-15-8-12(9-24-16(21)7-11-5-6-26(22,23)10-11)18-17-19(15)13-3-1-2-4-14(13)25-17/h8,11H,1-7,9-10H2/t11-/m0/s1. The van der Waals surface area contributed by atoms with E-state index in [4.69, 9.17) is 4.74 Å². The lowest BCUT2D eigenvalue weighted by Gasteiger charge is -2.10. The third-order valence-corrected chi connectivity index (χ3v) is 7.96. The summed E-state index contributed by atoms with van der Waals surface area (Å²) >= 11 is 1.53. The molecule has 0 bridgehead atoms. The van der Waals surface area contributed by atoms with Gasteiger partial charge in [0.2, 0.25) is 0 Å². The first-order valence-corrected chi connectivity index (χ1v) is 11.4. The van der Waals surface area contributed by atoms with Gasteiger partial charge in [-0.1, -0.05) is 0 Å². The summed E-state index contributed by atoms with van der Waals surface area (Å²) in [5.74, 6) is -0.422. The van der Waals surface area contributed by atoms with Crippen molar-refractivity contribution in [1.29, 1.82) is 0 Å². The van der Waals surface area contributed by atoms with Crippen molar-refractivity contribution in [3.63, 3.8) is 0 Å². The van der Waals surface area contributed by atoms with Gasteiger partial charge in [0.1, 0.15) is 6.61 Å². The lowest BCUT2D eigenvalue weighted by molar-refractivity contribution is -0.146. The van der Waals surface area contributed by atoms with Crippen molar-refractivity contribution in [2.24, 2.45) is 5.92 Å². The summed E-state index contributed by atoms with van der Waals surface area (Å²) in [4.78, 5) is 30.8. The quantitative estimate of drug-likeness (QED) is 0.727. The van der Waals surface area contributed by atoms with Crippen LogP contribution in [0.1, 0.15) is 41.9 Å². The number of hydrogen-bond donors (Lipinski definition) is 0. The summed E-state index contributed by atoms with van der Waals surface area (Å²) in [7, 11) is -3.00. The van der Waals surface area contributed by atoms with Crippen molar-refractivity contribution in [2.45, 2.75) is 45.1 Å². The molecule has 3 heterocycles. The fourth-order valence-electron chi connectivity index (χ4n) is 3.70. The van der Waals surface area contributed by atoms with Crippen LogP contribution in [0.4, 0.5) is 0 Å². The number of hydrogen-bond acceptors (Lipinski definition) is 7. The fourth-order valence-corrected chi connectivity index (χ4v) is 6.79. The molecule has 1 fully saturated rings. The summed E-state index contributed by atoms with van der Waals surface area (Å²) in [6.45, 7) is -0.0629. The second kappa shape index (κ2) is 6.77. The predicted octanol–water partition coefficient (Wildman–Crippen LogP) is 1.50. The second-order valence-electron chi connectivity index (χ2n) is 7.02. The van der Waals surface area contributed by atoms with Gasteiger partial charge in [-0.2, -0.15) is 0 Å². The van der Waals surface area contributed by atoms with Crippen LogP contribution in [0.5, 0.6) is 0 Å². The number of sulfone groups is 1. The average molecular weight is 396 g/mol. The van der Waals surface area contributed by atoms with E-state index in [1.165, 1.54) is 22.3 Å². The molecule has 1 aliphatic carbocycles. The molecule has 9 heteroatoms. The normalized spacial score (nSPS) is 21.6. The number of aryl methyl sites for hydroxylation is 2. The Hall–Kier alpha value is -1.74. The number of esters is 1. The highest BCUT2D eigenvalue weighted by molar-refractivity contribution is 7.91. The lowest BCUT2D eigenvalue weighted by Crippen LogP contribution is -2.19. The Morgan fingerprint density at radius 3 is 2.92 bits per heavy atom. The number of carbonyl (C=O) groups is 1. The average Bonchev–Trinajstić information content (AvgIpc) is 3.12. The Labute approximate surface area is 154 Å². The van der Waals surface area contributed by atoms with E-state index < -0.39 is 15.8 Å². The molecule has 4 rings (SSSR count). The summed E-state index contributed by atoms with van der Waals surface area (Å²) in [5, 5.41) is 0. The van der Waals surface area contributed by atoms with E-state index in [0.717, 1.165) is 31.4 Å². The minimum atomic E-state index is -3.00. The molecule has 2 aromatic heterocycles. The van der Waals surface area contributed by atoms with E-state index in [2.05, 4.69) is 4.98 Å². The monoisotopic (exact) mass is 396 g/mol. The first-order valence-electron chi connectivity index (χ1n) is 8.80. The van der Waals surface area contributed by atoms with Crippen molar-refractivity contribution < 1.29 is 17.9 Å². The zero-order valence-corrected chi connectivity index (χ0v) is 15.9. The molecule has 0 N–H and O–H groups in total. The molecule has 26 heavy (non-hydrogen) atoms. The lowest BCUT2D eigenvalue weighted by atomic mass is 10.0. The summed E-state index contributed by atoms with van der Waals surface area (Å²) in [6.07, 6.45) is 4.70. The smallest absolute Gasteiger partial charge is 0.306 e. The Morgan fingerprint density at radius 1 is 1.35 bits per heavy atom. The van der Waals surface area contributed by atoms with Crippen LogP contribution in [0, 0.1) is 5.92 Å². The van der Waals surface area contributed by atoms with Crippen LogP contribution in [0.3, 0.4) is 0 Å². The van der Waals surface area contributed by atoms with Crippen LogP contribution in [-0.4, -0.2) is 35.3 Å². The maximum atomic E-state index is 12.4. The fraction of sp³-hybridized carbons (Fsp3) is 0.588. The van der Waals surface area contributed by atoms with Gasteiger partial charge in [0.15, 0.2) is 14.8 Å². The molecule has 2 aliphatic rings. The summed E-state index contributed by atoms with van der Waals surface area (Å²) < 4.78 is 29.8. The third-order valence-electron chi connectivity index (χ3n) is 4.98. The second-order valence-corrected chi connectivity index (χ2v) is 10.3. The molecule has 0 unspecified atom stereocenters. The van der Waals surface area contributed by atoms with E-state index in [1.54, 1.807) is 4.40 Å². The van der Waals surface area contributed by atoms with Gasteiger partial charge in [0.05, 0.1) is 17.2 Å². The molecular formula is C17H20N2O5S2. The van der Waals surface area contributed by atoms with Gasteiger partial charge < -0.3 is 4.74 Å². The molecule has 1 saturated heterocycles. The van der Waals surface area contributed by atoms with Gasteiger partial charge in [-0.15, -0.1) is 11.3 Å². The van der Waals surface area contributed by atoms with Crippen LogP contribution in [0.15, 0.2) is 10.9 Å². The molecule has 0 saturated carbocycles. The van der Waals surface area contributed by atoms with Crippen LogP contribution in [0.25, 0.3) is 4.96 Å². The minimum Gasteiger partial charge on any atom is -0.459 e. The Bertz CT molecular complexity index is 1020. The van der Waals surface area contributed by atoms with E-state index >= 15 is 0 Å². The summed E-state index contributed by atoms with van der Waals surface area (Å²) in [5.41, 5.74) is 1.36. The number of carbonyl (C=O) groups excluding carboxylic acids is 1. The highest BCUT2D eigenvalue weighted by Crippen LogP contribution is 2.28. The van der Waals surface area contributed by atoms with Crippen molar-refractivity contribution in [2.75, 3.05) is 11.5 Å². The number of rotatable bonds is 4. The van der Waals surface area contributed by atoms with Crippen LogP contribution >= 0.6 is 11.3 Å². The molecule has 0 spiro atoms. The zero-order chi connectivity index (χ0) is 18.3. The third kappa shape index (κ3) is 3.55. The van der Waals surface area contributed by atoms with Crippen LogP contribution in [-0.2, 0) is 38.8 Å². The van der Waals surface area contributed by atoms with Crippen LogP contribution in [0.2, 0.25) is 0 Å². The van der Waals surface area contributed by atoms with Crippen molar-refractivity contribution >= 4 is 32.1 Å². The van der Waals surface area contributed by atoms with E-state index in [0.29, 0.717) is 17.1 Å². The topological polar surface area (TPSA) is 94.8 Å². The molecular weight excluding hydrogens is 376 g/mol. The number of ether oxygens (including phenoxy) is 1. The highest BCUT2D eigenvalue weighted by Gasteiger charge is 2.30. The molecule has 140 valence electrons. The Kier molecular flexibility index (Phi) is 4.60. The molecule has 0 radical (unpaired) electrons. The molecule has 1 atom stereocenters. The van der Waals surface area contributed by atoms with Crippen molar-refractivity contribution in [3.05, 3.63) is 32.7 Å². The number of nitrogens with zero attached hydrogens (tertiary/aromatic N) is 2. The highest BCUT2D eigenvalue weighted by atomic mass is 32.2. The predicted molar refractivity (Wildman–Crippen MR) is 97.2 cm³/mol. The van der Waals surface area contributed by atoms with Crippen molar-refractivity contribution in [3.8, 4) is 0 Å². The molecule has 0 aromatic carbocycles. The molecule has 0 amide bonds. The van der Waals surface area contributed by atoms with Crippen LogP contribution < -0.4 is 5.56 Å². The molecule has 7 nitrogen and oxygen atoms in total. The minimum absolute atomic E-state index is 0.0500. The van der Waals surface area contributed by atoms with E-state index in [9.17, 15) is 18.0 Å². The van der Waals surface area contributed by atoms with Gasteiger partial charge in [-0.25, -0.2) is 13.4 Å². The Morgan fingerprint density at radius 2 is 2.15 bits per heavy atom. The first-order chi connectivity index (χ1) is 12.4. The van der Waals surface area contributed by atoms with Gasteiger partial charge >= 0.3 is 5.97 Å². The zero-order valence-electron chi connectivity index (χ0n) is 14.3. The van der Waals surface area contributed by atoms with E-state index in [1.807, 2.05) is 0 Å². The number of thiazole rings is 1. The SMILES string of the molecule is O=C(C[C@@H]1CCS(=O)(=O)C1)OCc1cc(=O)n2c3c(sc2n1)CCCC3. The van der Waals surface area contributed by atoms with Gasteiger partial charge in [0.25, 0.3) is 5.56 Å². The van der Waals surface area contributed by atoms with E-state index in [-0.39, 0.29) is 36.0 Å². The maximum Gasteiger partial charge on any atom is 0.306 e. The number of aromatic nitrogens is 2. The molecule has 2 aromatic rings. The first kappa shape index (κ1) is 17.7. The van der Waals surface area contributed by atoms with Gasteiger partial charge in [-0.3, -0.25) is 14.0 Å². The summed E-state index contributed by atoms with van der Waals surface area (Å²) in [6, 6.07) is 1.42. The maximum absolute atomic E-state index is 12.4.